The lowest BCUT2D eigenvalue weighted by atomic mass is 9.87. The summed E-state index contributed by atoms with van der Waals surface area (Å²) in [6, 6.07) is 14.1. The van der Waals surface area contributed by atoms with E-state index >= 15 is 0 Å². The van der Waals surface area contributed by atoms with Crippen LogP contribution in [0.2, 0.25) is 0 Å². The van der Waals surface area contributed by atoms with Gasteiger partial charge in [-0.2, -0.15) is 0 Å². The zero-order chi connectivity index (χ0) is 25.0. The molecule has 0 spiro atoms. The minimum atomic E-state index is -1.11. The van der Waals surface area contributed by atoms with Gasteiger partial charge in [0.2, 0.25) is 5.91 Å². The van der Waals surface area contributed by atoms with Gasteiger partial charge in [-0.25, -0.2) is 9.59 Å². The van der Waals surface area contributed by atoms with Crippen LogP contribution in [-0.2, 0) is 14.3 Å². The van der Waals surface area contributed by atoms with Gasteiger partial charge in [-0.05, 0) is 40.0 Å². The lowest BCUT2D eigenvalue weighted by Gasteiger charge is -2.28. The van der Waals surface area contributed by atoms with E-state index in [2.05, 4.69) is 22.8 Å². The average molecular weight is 467 g/mol. The fourth-order valence-corrected chi connectivity index (χ4v) is 4.37. The Kier molecular flexibility index (Phi) is 7.64. The number of hydrogen-bond acceptors (Lipinski definition) is 4. The van der Waals surface area contributed by atoms with Gasteiger partial charge in [-0.15, -0.1) is 0 Å². The Balaban J connectivity index is 1.70. The molecule has 0 saturated carbocycles. The molecule has 0 aliphatic heterocycles. The molecule has 7 nitrogen and oxygen atoms in total. The molecule has 34 heavy (non-hydrogen) atoms. The fraction of sp³-hybridized carbons (Fsp3) is 0.444. The molecular formula is C27H34N2O5. The van der Waals surface area contributed by atoms with E-state index in [1.807, 2.05) is 57.2 Å². The molecule has 1 aliphatic rings. The summed E-state index contributed by atoms with van der Waals surface area (Å²) in [5.74, 6) is -2.04. The number of ether oxygens (including phenoxy) is 1. The highest BCUT2D eigenvalue weighted by atomic mass is 16.5. The van der Waals surface area contributed by atoms with E-state index in [1.165, 1.54) is 0 Å². The zero-order valence-electron chi connectivity index (χ0n) is 20.4. The summed E-state index contributed by atoms with van der Waals surface area (Å²) in [6.45, 7) is 9.42. The number of amides is 2. The molecule has 3 rings (SSSR count). The zero-order valence-corrected chi connectivity index (χ0v) is 20.4. The molecule has 2 amide bonds. The second-order valence-corrected chi connectivity index (χ2v) is 10.4. The first-order chi connectivity index (χ1) is 16.0. The van der Waals surface area contributed by atoms with Crippen molar-refractivity contribution in [3.63, 3.8) is 0 Å². The van der Waals surface area contributed by atoms with Crippen molar-refractivity contribution in [2.75, 3.05) is 6.61 Å². The monoisotopic (exact) mass is 466 g/mol. The van der Waals surface area contributed by atoms with Gasteiger partial charge in [0.25, 0.3) is 0 Å². The lowest BCUT2D eigenvalue weighted by molar-refractivity contribution is -0.143. The van der Waals surface area contributed by atoms with Crippen LogP contribution in [0.3, 0.4) is 0 Å². The summed E-state index contributed by atoms with van der Waals surface area (Å²) in [7, 11) is 0. The van der Waals surface area contributed by atoms with E-state index in [0.717, 1.165) is 22.3 Å². The van der Waals surface area contributed by atoms with Crippen LogP contribution in [0.15, 0.2) is 48.5 Å². The molecule has 3 N–H and O–H groups in total. The van der Waals surface area contributed by atoms with Crippen molar-refractivity contribution in [3.8, 4) is 11.1 Å². The van der Waals surface area contributed by atoms with Crippen molar-refractivity contribution in [1.82, 2.24) is 10.6 Å². The van der Waals surface area contributed by atoms with Crippen LogP contribution >= 0.6 is 0 Å². The first-order valence-electron chi connectivity index (χ1n) is 11.6. The molecule has 2 atom stereocenters. The van der Waals surface area contributed by atoms with Crippen molar-refractivity contribution < 1.29 is 24.2 Å². The first-order valence-corrected chi connectivity index (χ1v) is 11.6. The van der Waals surface area contributed by atoms with Crippen molar-refractivity contribution >= 4 is 18.0 Å². The smallest absolute Gasteiger partial charge is 0.407 e. The van der Waals surface area contributed by atoms with Crippen LogP contribution in [0.5, 0.6) is 0 Å². The number of nitrogens with one attached hydrogen (secondary N) is 2. The number of carboxylic acid groups (broad SMARTS) is 1. The van der Waals surface area contributed by atoms with Crippen molar-refractivity contribution in [2.45, 2.75) is 59.0 Å². The molecule has 1 aliphatic carbocycles. The average Bonchev–Trinajstić information content (AvgIpc) is 3.08. The molecule has 182 valence electrons. The Morgan fingerprint density at radius 1 is 0.941 bits per heavy atom. The number of benzene rings is 2. The fourth-order valence-electron chi connectivity index (χ4n) is 4.37. The molecule has 2 aromatic carbocycles. The third-order valence-corrected chi connectivity index (χ3v) is 6.00. The van der Waals surface area contributed by atoms with Gasteiger partial charge >= 0.3 is 12.1 Å². The maximum absolute atomic E-state index is 12.9. The van der Waals surface area contributed by atoms with Crippen LogP contribution in [0.1, 0.15) is 58.1 Å². The van der Waals surface area contributed by atoms with Gasteiger partial charge in [0.15, 0.2) is 0 Å². The summed E-state index contributed by atoms with van der Waals surface area (Å²) in [6.07, 6.45) is -0.379. The Morgan fingerprint density at radius 3 is 1.94 bits per heavy atom. The largest absolute Gasteiger partial charge is 0.480 e. The van der Waals surface area contributed by atoms with Crippen LogP contribution in [0.25, 0.3) is 11.1 Å². The van der Waals surface area contributed by atoms with Crippen LogP contribution < -0.4 is 10.6 Å². The number of carbonyl (C=O) groups excluding carboxylic acids is 2. The molecular weight excluding hydrogens is 432 g/mol. The van der Waals surface area contributed by atoms with E-state index < -0.39 is 30.1 Å². The van der Waals surface area contributed by atoms with Gasteiger partial charge in [-0.3, -0.25) is 4.79 Å². The summed E-state index contributed by atoms with van der Waals surface area (Å²) >= 11 is 0. The highest BCUT2D eigenvalue weighted by molar-refractivity contribution is 5.89. The number of fused-ring (bicyclic) bond motifs is 3. The number of hydrogen-bond donors (Lipinski definition) is 3. The highest BCUT2D eigenvalue weighted by Crippen LogP contribution is 2.44. The predicted octanol–water partition coefficient (Wildman–Crippen LogP) is 4.56. The topological polar surface area (TPSA) is 105 Å². The van der Waals surface area contributed by atoms with Gasteiger partial charge in [0.05, 0.1) is 0 Å². The Morgan fingerprint density at radius 2 is 1.47 bits per heavy atom. The second-order valence-electron chi connectivity index (χ2n) is 10.4. The molecule has 0 fully saturated rings. The standard InChI is InChI=1S/C27H34N2O5/c1-16(2)23(25(31)32)29-24(30)22(14-27(3,4)5)28-26(33)34-15-21-19-12-8-6-10-17(19)18-11-7-9-13-20(18)21/h6-13,16,21-23H,14-15H2,1-5H3,(H,28,33)(H,29,30)(H,31,32)/t22?,23-/m0/s1. The summed E-state index contributed by atoms with van der Waals surface area (Å²) in [5.41, 5.74) is 4.18. The second kappa shape index (κ2) is 10.3. The lowest BCUT2D eigenvalue weighted by Crippen LogP contribution is -2.54. The van der Waals surface area contributed by atoms with E-state index in [1.54, 1.807) is 13.8 Å². The van der Waals surface area contributed by atoms with E-state index in [9.17, 15) is 19.5 Å². The summed E-state index contributed by atoms with van der Waals surface area (Å²) < 4.78 is 5.59. The first kappa shape index (κ1) is 25.3. The molecule has 0 saturated heterocycles. The molecule has 0 aromatic heterocycles. The van der Waals surface area contributed by atoms with Crippen molar-refractivity contribution in [2.24, 2.45) is 11.3 Å². The van der Waals surface area contributed by atoms with Crippen LogP contribution in [0, 0.1) is 11.3 Å². The summed E-state index contributed by atoms with van der Waals surface area (Å²) in [4.78, 5) is 37.2. The molecule has 7 heteroatoms. The molecule has 2 aromatic rings. The van der Waals surface area contributed by atoms with Crippen molar-refractivity contribution in [3.05, 3.63) is 59.7 Å². The third kappa shape index (κ3) is 5.95. The Labute approximate surface area is 200 Å². The van der Waals surface area contributed by atoms with Gasteiger partial charge < -0.3 is 20.5 Å². The van der Waals surface area contributed by atoms with Crippen LogP contribution in [0.4, 0.5) is 4.79 Å². The van der Waals surface area contributed by atoms with Crippen molar-refractivity contribution in [1.29, 1.82) is 0 Å². The van der Waals surface area contributed by atoms with E-state index in [4.69, 9.17) is 4.74 Å². The van der Waals surface area contributed by atoms with E-state index in [0.29, 0.717) is 6.42 Å². The maximum atomic E-state index is 12.9. The van der Waals surface area contributed by atoms with Crippen LogP contribution in [-0.4, -0.2) is 41.8 Å². The molecule has 1 unspecified atom stereocenters. The van der Waals surface area contributed by atoms with Gasteiger partial charge in [-0.1, -0.05) is 83.1 Å². The number of alkyl carbamates (subject to hydrolysis) is 1. The van der Waals surface area contributed by atoms with Gasteiger partial charge in [0.1, 0.15) is 18.7 Å². The molecule has 0 heterocycles. The summed E-state index contributed by atoms with van der Waals surface area (Å²) in [5, 5.41) is 14.6. The SMILES string of the molecule is CC(C)[C@H](NC(=O)C(CC(C)(C)C)NC(=O)OCC1c2ccccc2-c2ccccc21)C(=O)O. The number of rotatable bonds is 8. The number of aliphatic carboxylic acids is 1. The predicted molar refractivity (Wildman–Crippen MR) is 130 cm³/mol. The van der Waals surface area contributed by atoms with E-state index in [-0.39, 0.29) is 23.9 Å². The molecule has 0 radical (unpaired) electrons. The Bertz CT molecular complexity index is 1010. The number of carboxylic acids is 1. The Hall–Kier alpha value is -3.35. The minimum Gasteiger partial charge on any atom is -0.480 e. The number of carbonyl (C=O) groups is 3. The quantitative estimate of drug-likeness (QED) is 0.529. The third-order valence-electron chi connectivity index (χ3n) is 6.00. The van der Waals surface area contributed by atoms with Gasteiger partial charge in [0, 0.05) is 5.92 Å². The highest BCUT2D eigenvalue weighted by Gasteiger charge is 2.33. The minimum absolute atomic E-state index is 0.0922. The molecule has 0 bridgehead atoms. The normalized spacial score (nSPS) is 14.6. The maximum Gasteiger partial charge on any atom is 0.407 e.